The fraction of sp³-hybridized carbons (Fsp3) is 1.00. The van der Waals surface area contributed by atoms with E-state index in [4.69, 9.17) is 5.73 Å². The molecule has 0 aromatic rings. The van der Waals surface area contributed by atoms with E-state index in [0.29, 0.717) is 0 Å². The summed E-state index contributed by atoms with van der Waals surface area (Å²) in [7, 11) is 2.01. The molecule has 0 saturated heterocycles. The van der Waals surface area contributed by atoms with Crippen LogP contribution >= 0.6 is 0 Å². The van der Waals surface area contributed by atoms with Crippen LogP contribution in [0.5, 0.6) is 0 Å². The molecule has 23 heavy (non-hydrogen) atoms. The first kappa shape index (κ1) is 25.1. The highest BCUT2D eigenvalue weighted by Gasteiger charge is 2.09. The summed E-state index contributed by atoms with van der Waals surface area (Å²) in [4.78, 5) is 0. The Morgan fingerprint density at radius 2 is 1.70 bits per heavy atom. The summed E-state index contributed by atoms with van der Waals surface area (Å²) >= 11 is 0. The minimum atomic E-state index is 0.865. The second-order valence-corrected chi connectivity index (χ2v) is 6.46. The van der Waals surface area contributed by atoms with Crippen molar-refractivity contribution in [3.63, 3.8) is 0 Å². The zero-order valence-electron chi connectivity index (χ0n) is 16.9. The summed E-state index contributed by atoms with van der Waals surface area (Å²) in [5.41, 5.74) is 5.50. The highest BCUT2D eigenvalue weighted by atomic mass is 14.9. The minimum absolute atomic E-state index is 0.865. The molecule has 1 rings (SSSR count). The lowest BCUT2D eigenvalue weighted by Crippen LogP contribution is -2.25. The van der Waals surface area contributed by atoms with E-state index in [0.717, 1.165) is 31.5 Å². The zero-order valence-corrected chi connectivity index (χ0v) is 16.9. The Morgan fingerprint density at radius 3 is 2.13 bits per heavy atom. The van der Waals surface area contributed by atoms with E-state index in [1.165, 1.54) is 64.3 Å². The van der Waals surface area contributed by atoms with Gasteiger partial charge in [-0.1, -0.05) is 59.8 Å². The van der Waals surface area contributed by atoms with Crippen molar-refractivity contribution < 1.29 is 0 Å². The van der Waals surface area contributed by atoms with Gasteiger partial charge in [0.25, 0.3) is 0 Å². The predicted molar refractivity (Wildman–Crippen MR) is 107 cm³/mol. The van der Waals surface area contributed by atoms with Gasteiger partial charge in [0.2, 0.25) is 0 Å². The molecule has 0 heterocycles. The molecule has 0 aromatic carbocycles. The lowest BCUT2D eigenvalue weighted by atomic mass is 9.90. The van der Waals surface area contributed by atoms with Crippen LogP contribution in [0.4, 0.5) is 0 Å². The summed E-state index contributed by atoms with van der Waals surface area (Å²) in [6, 6.07) is 0. The van der Waals surface area contributed by atoms with Crippen LogP contribution in [0.1, 0.15) is 85.5 Å². The van der Waals surface area contributed by atoms with Crippen molar-refractivity contribution >= 4 is 0 Å². The van der Waals surface area contributed by atoms with Gasteiger partial charge < -0.3 is 16.4 Å². The third-order valence-corrected chi connectivity index (χ3v) is 4.55. The summed E-state index contributed by atoms with van der Waals surface area (Å²) < 4.78 is 0. The Kier molecular flexibility index (Phi) is 23.9. The molecule has 3 nitrogen and oxygen atoms in total. The van der Waals surface area contributed by atoms with Gasteiger partial charge in [-0.05, 0) is 70.7 Å². The van der Waals surface area contributed by atoms with Gasteiger partial charge in [-0.25, -0.2) is 0 Å². The highest BCUT2D eigenvalue weighted by molar-refractivity contribution is 4.65. The first-order valence-electron chi connectivity index (χ1n) is 10.3. The SMILES string of the molecule is CC.CCCC(CC)CNCCCNC.NCC1CCCCC1. The summed E-state index contributed by atoms with van der Waals surface area (Å²) in [5, 5.41) is 6.67. The summed E-state index contributed by atoms with van der Waals surface area (Å²) in [6.07, 6.45) is 12.3. The average Bonchev–Trinajstić information content (AvgIpc) is 2.63. The number of hydrogen-bond acceptors (Lipinski definition) is 3. The van der Waals surface area contributed by atoms with Gasteiger partial charge in [-0.3, -0.25) is 0 Å². The molecule has 142 valence electrons. The second kappa shape index (κ2) is 21.9. The van der Waals surface area contributed by atoms with Crippen LogP contribution in [0.2, 0.25) is 0 Å². The fourth-order valence-corrected chi connectivity index (χ4v) is 2.98. The molecule has 0 aliphatic heterocycles. The monoisotopic (exact) mass is 329 g/mol. The van der Waals surface area contributed by atoms with E-state index in [1.807, 2.05) is 20.9 Å². The lowest BCUT2D eigenvalue weighted by molar-refractivity contribution is 0.366. The number of hydrogen-bond donors (Lipinski definition) is 3. The van der Waals surface area contributed by atoms with Crippen LogP contribution in [-0.4, -0.2) is 33.2 Å². The molecule has 0 amide bonds. The molecule has 0 bridgehead atoms. The van der Waals surface area contributed by atoms with Crippen molar-refractivity contribution in [1.82, 2.24) is 10.6 Å². The third-order valence-electron chi connectivity index (χ3n) is 4.55. The standard InChI is InChI=1S/C11H26N2.C7H15N.C2H6/c1-4-7-11(5-2)10-13-9-6-8-12-3;8-6-7-4-2-1-3-5-7;1-2/h11-13H,4-10H2,1-3H3;7H,1-6,8H2;1-2H3. The van der Waals surface area contributed by atoms with Crippen LogP contribution in [0.3, 0.4) is 0 Å². The second-order valence-electron chi connectivity index (χ2n) is 6.46. The van der Waals surface area contributed by atoms with Crippen LogP contribution in [0.15, 0.2) is 0 Å². The van der Waals surface area contributed by atoms with Gasteiger partial charge in [0.15, 0.2) is 0 Å². The zero-order chi connectivity index (χ0) is 17.8. The van der Waals surface area contributed by atoms with Crippen molar-refractivity contribution in [2.24, 2.45) is 17.6 Å². The van der Waals surface area contributed by atoms with Crippen LogP contribution in [0, 0.1) is 11.8 Å². The van der Waals surface area contributed by atoms with Crippen molar-refractivity contribution in [1.29, 1.82) is 0 Å². The Hall–Kier alpha value is -0.120. The van der Waals surface area contributed by atoms with Gasteiger partial charge in [0.1, 0.15) is 0 Å². The van der Waals surface area contributed by atoms with Gasteiger partial charge >= 0.3 is 0 Å². The van der Waals surface area contributed by atoms with Crippen molar-refractivity contribution in [2.45, 2.75) is 85.5 Å². The highest BCUT2D eigenvalue weighted by Crippen LogP contribution is 2.21. The molecule has 0 aromatic heterocycles. The molecule has 1 unspecified atom stereocenters. The Bertz CT molecular complexity index is 191. The molecule has 3 heteroatoms. The Morgan fingerprint density at radius 1 is 1.04 bits per heavy atom. The molecule has 1 fully saturated rings. The molecule has 4 N–H and O–H groups in total. The third kappa shape index (κ3) is 18.1. The normalized spacial score (nSPS) is 15.9. The maximum atomic E-state index is 5.50. The smallest absolute Gasteiger partial charge is 0.00206 e. The summed E-state index contributed by atoms with van der Waals surface area (Å²) in [5.74, 6) is 1.75. The molecule has 0 radical (unpaired) electrons. The fourth-order valence-electron chi connectivity index (χ4n) is 2.98. The lowest BCUT2D eigenvalue weighted by Gasteiger charge is -2.18. The number of nitrogens with two attached hydrogens (primary N) is 1. The first-order chi connectivity index (χ1) is 11.3. The minimum Gasteiger partial charge on any atom is -0.330 e. The van der Waals surface area contributed by atoms with E-state index < -0.39 is 0 Å². The summed E-state index contributed by atoms with van der Waals surface area (Å²) in [6.45, 7) is 13.0. The number of rotatable bonds is 10. The first-order valence-corrected chi connectivity index (χ1v) is 10.3. The Balaban J connectivity index is 0. The maximum absolute atomic E-state index is 5.50. The molecule has 1 atom stereocenters. The topological polar surface area (TPSA) is 50.1 Å². The van der Waals surface area contributed by atoms with Crippen molar-refractivity contribution in [2.75, 3.05) is 33.2 Å². The van der Waals surface area contributed by atoms with Crippen molar-refractivity contribution in [3.05, 3.63) is 0 Å². The van der Waals surface area contributed by atoms with Gasteiger partial charge in [-0.15, -0.1) is 0 Å². The van der Waals surface area contributed by atoms with Gasteiger partial charge in [0, 0.05) is 0 Å². The largest absolute Gasteiger partial charge is 0.330 e. The number of nitrogens with one attached hydrogen (secondary N) is 2. The van der Waals surface area contributed by atoms with Gasteiger partial charge in [0.05, 0.1) is 0 Å². The Labute approximate surface area is 147 Å². The van der Waals surface area contributed by atoms with E-state index >= 15 is 0 Å². The van der Waals surface area contributed by atoms with E-state index in [-0.39, 0.29) is 0 Å². The predicted octanol–water partition coefficient (Wildman–Crippen LogP) is 4.56. The maximum Gasteiger partial charge on any atom is -0.00206 e. The van der Waals surface area contributed by atoms with E-state index in [9.17, 15) is 0 Å². The average molecular weight is 330 g/mol. The molecule has 1 aliphatic carbocycles. The van der Waals surface area contributed by atoms with Crippen LogP contribution < -0.4 is 16.4 Å². The van der Waals surface area contributed by atoms with Crippen LogP contribution in [0.25, 0.3) is 0 Å². The molecule has 1 saturated carbocycles. The quantitative estimate of drug-likeness (QED) is 0.515. The molecular formula is C20H47N3. The molecular weight excluding hydrogens is 282 g/mol. The van der Waals surface area contributed by atoms with Crippen molar-refractivity contribution in [3.8, 4) is 0 Å². The van der Waals surface area contributed by atoms with E-state index in [2.05, 4.69) is 24.5 Å². The van der Waals surface area contributed by atoms with Gasteiger partial charge in [-0.2, -0.15) is 0 Å². The molecule has 1 aliphatic rings. The molecule has 0 spiro atoms. The van der Waals surface area contributed by atoms with Crippen LogP contribution in [-0.2, 0) is 0 Å². The van der Waals surface area contributed by atoms with E-state index in [1.54, 1.807) is 0 Å².